The van der Waals surface area contributed by atoms with Gasteiger partial charge in [-0.15, -0.1) is 0 Å². The molecule has 0 bridgehead atoms. The number of benzene rings is 1. The summed E-state index contributed by atoms with van der Waals surface area (Å²) in [7, 11) is 0. The van der Waals surface area contributed by atoms with Crippen LogP contribution in [0.4, 0.5) is 0 Å². The smallest absolute Gasteiger partial charge is 0.223 e. The quantitative estimate of drug-likeness (QED) is 0.681. The first-order chi connectivity index (χ1) is 10.1. The van der Waals surface area contributed by atoms with Gasteiger partial charge in [0.2, 0.25) is 11.8 Å². The van der Waals surface area contributed by atoms with Crippen molar-refractivity contribution in [3.8, 4) is 5.75 Å². The zero-order chi connectivity index (χ0) is 15.5. The van der Waals surface area contributed by atoms with Gasteiger partial charge in [-0.05, 0) is 18.1 Å². The molecule has 21 heavy (non-hydrogen) atoms. The highest BCUT2D eigenvalue weighted by Gasteiger charge is 2.04. The molecule has 0 unspecified atom stereocenters. The largest absolute Gasteiger partial charge is 0.493 e. The number of nitrogens with one attached hydrogen (secondary N) is 2. The Morgan fingerprint density at radius 2 is 1.67 bits per heavy atom. The predicted molar refractivity (Wildman–Crippen MR) is 82.0 cm³/mol. The number of hydrogen-bond donors (Lipinski definition) is 2. The van der Waals surface area contributed by atoms with Crippen LogP contribution in [0.2, 0.25) is 0 Å². The van der Waals surface area contributed by atoms with Crippen molar-refractivity contribution < 1.29 is 14.3 Å². The average Bonchev–Trinajstić information content (AvgIpc) is 2.44. The third kappa shape index (κ3) is 8.68. The molecule has 116 valence electrons. The minimum Gasteiger partial charge on any atom is -0.493 e. The normalized spacial score (nSPS) is 10.2. The van der Waals surface area contributed by atoms with E-state index in [2.05, 4.69) is 10.6 Å². The molecule has 2 amide bonds. The SMILES string of the molecule is CC(C)CC(=O)NCCNC(=O)CCOc1ccccc1. The van der Waals surface area contributed by atoms with Crippen molar-refractivity contribution >= 4 is 11.8 Å². The first kappa shape index (κ1) is 17.0. The number of carbonyl (C=O) groups excluding carboxylic acids is 2. The molecular formula is C16H24N2O3. The van der Waals surface area contributed by atoms with Crippen LogP contribution in [0, 0.1) is 5.92 Å². The summed E-state index contributed by atoms with van der Waals surface area (Å²) in [5.41, 5.74) is 0. The minimum absolute atomic E-state index is 0.0201. The predicted octanol–water partition coefficient (Wildman–Crippen LogP) is 1.73. The van der Waals surface area contributed by atoms with E-state index in [1.54, 1.807) is 0 Å². The van der Waals surface area contributed by atoms with Gasteiger partial charge in [-0.25, -0.2) is 0 Å². The minimum atomic E-state index is -0.0796. The molecule has 0 aliphatic carbocycles. The molecule has 0 atom stereocenters. The lowest BCUT2D eigenvalue weighted by Crippen LogP contribution is -2.35. The lowest BCUT2D eigenvalue weighted by Gasteiger charge is -2.09. The first-order valence-corrected chi connectivity index (χ1v) is 7.29. The molecule has 0 radical (unpaired) electrons. The van der Waals surface area contributed by atoms with Crippen molar-refractivity contribution in [3.05, 3.63) is 30.3 Å². The van der Waals surface area contributed by atoms with Gasteiger partial charge < -0.3 is 15.4 Å². The Bertz CT molecular complexity index is 432. The van der Waals surface area contributed by atoms with Crippen LogP contribution in [-0.4, -0.2) is 31.5 Å². The fourth-order valence-corrected chi connectivity index (χ4v) is 1.71. The molecule has 0 aromatic heterocycles. The number of amides is 2. The molecule has 5 nitrogen and oxygen atoms in total. The molecule has 2 N–H and O–H groups in total. The highest BCUT2D eigenvalue weighted by atomic mass is 16.5. The maximum atomic E-state index is 11.6. The van der Waals surface area contributed by atoms with Gasteiger partial charge in [-0.2, -0.15) is 0 Å². The third-order valence-electron chi connectivity index (χ3n) is 2.70. The summed E-state index contributed by atoms with van der Waals surface area (Å²) in [6, 6.07) is 9.38. The van der Waals surface area contributed by atoms with Gasteiger partial charge in [0.25, 0.3) is 0 Å². The average molecular weight is 292 g/mol. The van der Waals surface area contributed by atoms with Gasteiger partial charge in [0.1, 0.15) is 5.75 Å². The molecular weight excluding hydrogens is 268 g/mol. The summed E-state index contributed by atoms with van der Waals surface area (Å²) < 4.78 is 5.43. The van der Waals surface area contributed by atoms with E-state index in [-0.39, 0.29) is 11.8 Å². The fraction of sp³-hybridized carbons (Fsp3) is 0.500. The van der Waals surface area contributed by atoms with Gasteiger partial charge in [-0.3, -0.25) is 9.59 Å². The summed E-state index contributed by atoms with van der Waals surface area (Å²) >= 11 is 0. The van der Waals surface area contributed by atoms with Crippen LogP contribution in [-0.2, 0) is 9.59 Å². The third-order valence-corrected chi connectivity index (χ3v) is 2.70. The Labute approximate surface area is 126 Å². The van der Waals surface area contributed by atoms with Gasteiger partial charge in [0.05, 0.1) is 13.0 Å². The molecule has 0 saturated heterocycles. The van der Waals surface area contributed by atoms with E-state index >= 15 is 0 Å². The van der Waals surface area contributed by atoms with Crippen LogP contribution >= 0.6 is 0 Å². The van der Waals surface area contributed by atoms with E-state index in [9.17, 15) is 9.59 Å². The Hall–Kier alpha value is -2.04. The molecule has 0 aliphatic rings. The molecule has 0 heterocycles. The van der Waals surface area contributed by atoms with Crippen LogP contribution in [0.25, 0.3) is 0 Å². The van der Waals surface area contributed by atoms with Crippen LogP contribution in [0.3, 0.4) is 0 Å². The second kappa shape index (κ2) is 9.80. The maximum absolute atomic E-state index is 11.6. The molecule has 1 rings (SSSR count). The van der Waals surface area contributed by atoms with E-state index in [1.165, 1.54) is 0 Å². The molecule has 0 aliphatic heterocycles. The summed E-state index contributed by atoms with van der Waals surface area (Å²) in [5, 5.41) is 5.51. The fourth-order valence-electron chi connectivity index (χ4n) is 1.71. The summed E-state index contributed by atoms with van der Waals surface area (Å²) in [5.74, 6) is 1.04. The van der Waals surface area contributed by atoms with E-state index in [0.717, 1.165) is 5.75 Å². The molecule has 0 spiro atoms. The second-order valence-electron chi connectivity index (χ2n) is 5.21. The topological polar surface area (TPSA) is 67.4 Å². The van der Waals surface area contributed by atoms with Crippen molar-refractivity contribution in [1.82, 2.24) is 10.6 Å². The lowest BCUT2D eigenvalue weighted by molar-refractivity contribution is -0.123. The Balaban J connectivity index is 2.03. The summed E-state index contributed by atoms with van der Waals surface area (Å²) in [4.78, 5) is 22.9. The summed E-state index contributed by atoms with van der Waals surface area (Å²) in [6.45, 7) is 5.22. The number of rotatable bonds is 9. The van der Waals surface area contributed by atoms with Gasteiger partial charge in [0, 0.05) is 19.5 Å². The number of para-hydroxylation sites is 1. The van der Waals surface area contributed by atoms with Crippen molar-refractivity contribution in [2.45, 2.75) is 26.7 Å². The maximum Gasteiger partial charge on any atom is 0.223 e. The monoisotopic (exact) mass is 292 g/mol. The van der Waals surface area contributed by atoms with E-state index < -0.39 is 0 Å². The molecule has 0 saturated carbocycles. The highest BCUT2D eigenvalue weighted by Crippen LogP contribution is 2.08. The summed E-state index contributed by atoms with van der Waals surface area (Å²) in [6.07, 6.45) is 0.813. The number of hydrogen-bond acceptors (Lipinski definition) is 3. The van der Waals surface area contributed by atoms with Crippen LogP contribution in [0.15, 0.2) is 30.3 Å². The number of ether oxygens (including phenoxy) is 1. The van der Waals surface area contributed by atoms with Gasteiger partial charge >= 0.3 is 0 Å². The van der Waals surface area contributed by atoms with Crippen LogP contribution < -0.4 is 15.4 Å². The lowest BCUT2D eigenvalue weighted by atomic mass is 10.1. The number of carbonyl (C=O) groups is 2. The Kier molecular flexibility index (Phi) is 7.94. The van der Waals surface area contributed by atoms with E-state index in [0.29, 0.717) is 38.5 Å². The zero-order valence-electron chi connectivity index (χ0n) is 12.7. The second-order valence-corrected chi connectivity index (χ2v) is 5.21. The highest BCUT2D eigenvalue weighted by molar-refractivity contribution is 5.77. The Morgan fingerprint density at radius 3 is 2.29 bits per heavy atom. The molecule has 0 fully saturated rings. The van der Waals surface area contributed by atoms with E-state index in [4.69, 9.17) is 4.74 Å². The Morgan fingerprint density at radius 1 is 1.05 bits per heavy atom. The standard InChI is InChI=1S/C16H24N2O3/c1-13(2)12-16(20)18-10-9-17-15(19)8-11-21-14-6-4-3-5-7-14/h3-7,13H,8-12H2,1-2H3,(H,17,19)(H,18,20). The zero-order valence-corrected chi connectivity index (χ0v) is 12.7. The van der Waals surface area contributed by atoms with Crippen LogP contribution in [0.5, 0.6) is 5.75 Å². The van der Waals surface area contributed by atoms with Gasteiger partial charge in [0.15, 0.2) is 0 Å². The molecule has 1 aromatic carbocycles. The van der Waals surface area contributed by atoms with Crippen LogP contribution in [0.1, 0.15) is 26.7 Å². The molecule has 5 heteroatoms. The first-order valence-electron chi connectivity index (χ1n) is 7.29. The molecule has 1 aromatic rings. The van der Waals surface area contributed by atoms with E-state index in [1.807, 2.05) is 44.2 Å². The van der Waals surface area contributed by atoms with Gasteiger partial charge in [-0.1, -0.05) is 32.0 Å². The van der Waals surface area contributed by atoms with Crippen molar-refractivity contribution in [3.63, 3.8) is 0 Å². The van der Waals surface area contributed by atoms with Crippen molar-refractivity contribution in [1.29, 1.82) is 0 Å². The van der Waals surface area contributed by atoms with Crippen molar-refractivity contribution in [2.24, 2.45) is 5.92 Å². The van der Waals surface area contributed by atoms with Crippen molar-refractivity contribution in [2.75, 3.05) is 19.7 Å².